The Morgan fingerprint density at radius 1 is 1.33 bits per heavy atom. The smallest absolute Gasteiger partial charge is 0.303 e. The van der Waals surface area contributed by atoms with Gasteiger partial charge in [0, 0.05) is 24.5 Å². The van der Waals surface area contributed by atoms with Crippen LogP contribution in [0.3, 0.4) is 0 Å². The third-order valence-electron chi connectivity index (χ3n) is 5.15. The highest BCUT2D eigenvalue weighted by Crippen LogP contribution is 2.44. The summed E-state index contributed by atoms with van der Waals surface area (Å²) in [6.45, 7) is 2.19. The second-order valence-corrected chi connectivity index (χ2v) is 6.54. The number of rotatable bonds is 4. The van der Waals surface area contributed by atoms with Gasteiger partial charge in [-0.3, -0.25) is 9.69 Å². The summed E-state index contributed by atoms with van der Waals surface area (Å²) in [4.78, 5) is 13.5. The van der Waals surface area contributed by atoms with Gasteiger partial charge >= 0.3 is 5.97 Å². The highest BCUT2D eigenvalue weighted by atomic mass is 16.4. The van der Waals surface area contributed by atoms with E-state index in [0.29, 0.717) is 30.2 Å². The van der Waals surface area contributed by atoms with Crippen LogP contribution in [-0.4, -0.2) is 33.2 Å². The van der Waals surface area contributed by atoms with E-state index in [1.165, 1.54) is 12.8 Å². The van der Waals surface area contributed by atoms with Crippen molar-refractivity contribution in [2.75, 3.05) is 0 Å². The fraction of sp³-hybridized carbons (Fsp3) is 0.588. The quantitative estimate of drug-likeness (QED) is 0.893. The van der Waals surface area contributed by atoms with E-state index in [0.717, 1.165) is 18.4 Å². The maximum Gasteiger partial charge on any atom is 0.303 e. The number of fused-ring (bicyclic) bond motifs is 2. The number of carbonyl (C=O) groups is 1. The topological polar surface area (TPSA) is 60.8 Å². The Labute approximate surface area is 125 Å². The maximum atomic E-state index is 10.9. The highest BCUT2D eigenvalue weighted by Gasteiger charge is 2.43. The first-order chi connectivity index (χ1) is 10.0. The van der Waals surface area contributed by atoms with Gasteiger partial charge in [-0.1, -0.05) is 12.1 Å². The Morgan fingerprint density at radius 2 is 2.00 bits per heavy atom. The number of aliphatic carboxylic acids is 1. The van der Waals surface area contributed by atoms with Gasteiger partial charge in [0.05, 0.1) is 0 Å². The number of piperidine rings is 1. The van der Waals surface area contributed by atoms with Gasteiger partial charge in [-0.05, 0) is 56.2 Å². The lowest BCUT2D eigenvalue weighted by molar-refractivity contribution is -0.138. The van der Waals surface area contributed by atoms with Gasteiger partial charge in [0.1, 0.15) is 5.75 Å². The Morgan fingerprint density at radius 3 is 2.57 bits per heavy atom. The SMILES string of the molecule is CC(c1cccc(O)c1)N1C2CCC1CC(CC(=O)O)C2. The van der Waals surface area contributed by atoms with Crippen LogP contribution in [0.1, 0.15) is 50.6 Å². The summed E-state index contributed by atoms with van der Waals surface area (Å²) < 4.78 is 0. The molecule has 2 bridgehead atoms. The van der Waals surface area contributed by atoms with Gasteiger partial charge in [0.15, 0.2) is 0 Å². The molecule has 0 aliphatic carbocycles. The van der Waals surface area contributed by atoms with Crippen LogP contribution in [0.15, 0.2) is 24.3 Å². The van der Waals surface area contributed by atoms with Gasteiger partial charge in [0.2, 0.25) is 0 Å². The van der Waals surface area contributed by atoms with E-state index in [1.807, 2.05) is 12.1 Å². The minimum Gasteiger partial charge on any atom is -0.508 e. The lowest BCUT2D eigenvalue weighted by Gasteiger charge is -2.42. The molecule has 3 atom stereocenters. The molecule has 3 unspecified atom stereocenters. The predicted octanol–water partition coefficient (Wildman–Crippen LogP) is 3.17. The zero-order valence-corrected chi connectivity index (χ0v) is 12.4. The molecule has 0 spiro atoms. The second kappa shape index (κ2) is 5.68. The van der Waals surface area contributed by atoms with Crippen molar-refractivity contribution in [3.63, 3.8) is 0 Å². The number of benzene rings is 1. The van der Waals surface area contributed by atoms with Crippen molar-refractivity contribution in [1.29, 1.82) is 0 Å². The minimum absolute atomic E-state index is 0.278. The average Bonchev–Trinajstić information content (AvgIpc) is 2.69. The van der Waals surface area contributed by atoms with E-state index in [-0.39, 0.29) is 6.04 Å². The first-order valence-corrected chi connectivity index (χ1v) is 7.82. The fourth-order valence-electron chi connectivity index (χ4n) is 4.33. The largest absolute Gasteiger partial charge is 0.508 e. The molecule has 2 fully saturated rings. The van der Waals surface area contributed by atoms with Gasteiger partial charge in [-0.2, -0.15) is 0 Å². The van der Waals surface area contributed by atoms with Gasteiger partial charge in [-0.15, -0.1) is 0 Å². The number of nitrogens with zero attached hydrogens (tertiary/aromatic N) is 1. The van der Waals surface area contributed by atoms with E-state index in [4.69, 9.17) is 5.11 Å². The summed E-state index contributed by atoms with van der Waals surface area (Å²) in [5.74, 6) is -0.0334. The standard InChI is InChI=1S/C17H23NO3/c1-11(13-3-2-4-16(19)10-13)18-14-5-6-15(18)8-12(7-14)9-17(20)21/h2-4,10-12,14-15,19H,5-9H2,1H3,(H,20,21). The summed E-state index contributed by atoms with van der Waals surface area (Å²) in [5, 5.41) is 18.7. The molecule has 4 heteroatoms. The molecule has 4 nitrogen and oxygen atoms in total. The zero-order valence-electron chi connectivity index (χ0n) is 12.4. The van der Waals surface area contributed by atoms with Gasteiger partial charge in [0.25, 0.3) is 0 Å². The van der Waals surface area contributed by atoms with E-state index < -0.39 is 5.97 Å². The molecule has 2 aliphatic rings. The van der Waals surface area contributed by atoms with Gasteiger partial charge in [-0.25, -0.2) is 0 Å². The maximum absolute atomic E-state index is 10.9. The van der Waals surface area contributed by atoms with Crippen LogP contribution in [0.4, 0.5) is 0 Å². The second-order valence-electron chi connectivity index (χ2n) is 6.54. The molecular formula is C17H23NO3. The zero-order chi connectivity index (χ0) is 15.0. The fourth-order valence-corrected chi connectivity index (χ4v) is 4.33. The monoisotopic (exact) mass is 289 g/mol. The number of carboxylic acids is 1. The number of aromatic hydroxyl groups is 1. The Bertz CT molecular complexity index is 517. The number of carboxylic acid groups (broad SMARTS) is 1. The van der Waals surface area contributed by atoms with E-state index in [2.05, 4.69) is 17.9 Å². The summed E-state index contributed by atoms with van der Waals surface area (Å²) in [7, 11) is 0. The molecule has 2 heterocycles. The molecule has 0 radical (unpaired) electrons. The van der Waals surface area contributed by atoms with Crippen LogP contribution in [0.5, 0.6) is 5.75 Å². The van der Waals surface area contributed by atoms with Crippen LogP contribution in [0.2, 0.25) is 0 Å². The molecule has 1 aromatic carbocycles. The summed E-state index contributed by atoms with van der Waals surface area (Å²) in [5.41, 5.74) is 1.14. The minimum atomic E-state index is -0.672. The van der Waals surface area contributed by atoms with Crippen LogP contribution in [0, 0.1) is 5.92 Å². The molecule has 2 aliphatic heterocycles. The van der Waals surface area contributed by atoms with E-state index >= 15 is 0 Å². The predicted molar refractivity (Wildman–Crippen MR) is 80.1 cm³/mol. The number of hydrogen-bond acceptors (Lipinski definition) is 3. The first kappa shape index (κ1) is 14.4. The molecule has 2 N–H and O–H groups in total. The van der Waals surface area contributed by atoms with Crippen molar-refractivity contribution < 1.29 is 15.0 Å². The average molecular weight is 289 g/mol. The van der Waals surface area contributed by atoms with Crippen molar-refractivity contribution in [3.8, 4) is 5.75 Å². The number of phenolic OH excluding ortho intramolecular Hbond substituents is 1. The van der Waals surface area contributed by atoms with Gasteiger partial charge < -0.3 is 10.2 Å². The summed E-state index contributed by atoms with van der Waals surface area (Å²) in [6, 6.07) is 8.75. The molecule has 3 rings (SSSR count). The number of hydrogen-bond donors (Lipinski definition) is 2. The summed E-state index contributed by atoms with van der Waals surface area (Å²) >= 11 is 0. The lowest BCUT2D eigenvalue weighted by Crippen LogP contribution is -2.44. The van der Waals surface area contributed by atoms with Crippen LogP contribution in [0.25, 0.3) is 0 Å². The third kappa shape index (κ3) is 2.91. The molecule has 114 valence electrons. The van der Waals surface area contributed by atoms with Crippen LogP contribution in [-0.2, 0) is 4.79 Å². The van der Waals surface area contributed by atoms with Crippen molar-refractivity contribution in [1.82, 2.24) is 4.90 Å². The molecule has 21 heavy (non-hydrogen) atoms. The van der Waals surface area contributed by atoms with Crippen molar-refractivity contribution >= 4 is 5.97 Å². The van der Waals surface area contributed by atoms with E-state index in [9.17, 15) is 9.90 Å². The molecule has 0 amide bonds. The Kier molecular flexibility index (Phi) is 3.89. The van der Waals surface area contributed by atoms with Crippen molar-refractivity contribution in [2.24, 2.45) is 5.92 Å². The molecule has 2 saturated heterocycles. The van der Waals surface area contributed by atoms with Crippen LogP contribution < -0.4 is 0 Å². The first-order valence-electron chi connectivity index (χ1n) is 7.82. The van der Waals surface area contributed by atoms with Crippen LogP contribution >= 0.6 is 0 Å². The molecule has 0 saturated carbocycles. The third-order valence-corrected chi connectivity index (χ3v) is 5.15. The number of phenols is 1. The molecule has 1 aromatic rings. The normalized spacial score (nSPS) is 30.2. The molecule has 0 aromatic heterocycles. The van der Waals surface area contributed by atoms with Crippen molar-refractivity contribution in [2.45, 2.75) is 57.2 Å². The summed E-state index contributed by atoms with van der Waals surface area (Å²) in [6.07, 6.45) is 4.63. The highest BCUT2D eigenvalue weighted by molar-refractivity contribution is 5.67. The van der Waals surface area contributed by atoms with E-state index in [1.54, 1.807) is 6.07 Å². The van der Waals surface area contributed by atoms with Crippen molar-refractivity contribution in [3.05, 3.63) is 29.8 Å². The Balaban J connectivity index is 1.74. The lowest BCUT2D eigenvalue weighted by atomic mass is 9.86. The Hall–Kier alpha value is -1.55. The molecular weight excluding hydrogens is 266 g/mol.